The molecule has 0 spiro atoms. The number of piperidine rings is 1. The molecule has 1 aromatic rings. The molecule has 2 heterocycles. The molecular formula is C13H21N3O. The van der Waals surface area contributed by atoms with E-state index in [1.807, 2.05) is 19.9 Å². The Kier molecular flexibility index (Phi) is 3.64. The van der Waals surface area contributed by atoms with Crippen LogP contribution in [0.3, 0.4) is 0 Å². The van der Waals surface area contributed by atoms with Crippen molar-refractivity contribution in [3.63, 3.8) is 0 Å². The fourth-order valence-electron chi connectivity index (χ4n) is 2.54. The van der Waals surface area contributed by atoms with E-state index in [9.17, 15) is 4.79 Å². The smallest absolute Gasteiger partial charge is 0.178 e. The molecule has 1 unspecified atom stereocenters. The molecule has 1 saturated heterocycles. The van der Waals surface area contributed by atoms with Gasteiger partial charge in [-0.05, 0) is 39.3 Å². The molecule has 0 radical (unpaired) electrons. The number of nitrogens with zero attached hydrogens (tertiary/aromatic N) is 1. The Hall–Kier alpha value is -1.13. The number of carbonyl (C=O) groups excluding carboxylic acids is 1. The average Bonchev–Trinajstić information content (AvgIpc) is 2.58. The number of hydrogen-bond acceptors (Lipinski definition) is 3. The summed E-state index contributed by atoms with van der Waals surface area (Å²) in [6, 6.07) is 2.16. The standard InChI is InChI=1S/C13H21N3O/c1-9-6-12(10(2)15-9)13(17)8-16-5-3-4-11(14)7-16/h6,11,15H,3-5,7-8,14H2,1-2H3. The van der Waals surface area contributed by atoms with Crippen molar-refractivity contribution in [3.05, 3.63) is 23.0 Å². The van der Waals surface area contributed by atoms with Gasteiger partial charge in [0.25, 0.3) is 0 Å². The van der Waals surface area contributed by atoms with E-state index in [1.165, 1.54) is 0 Å². The van der Waals surface area contributed by atoms with Crippen molar-refractivity contribution >= 4 is 5.78 Å². The molecule has 2 rings (SSSR count). The third kappa shape index (κ3) is 2.96. The number of nitrogens with two attached hydrogens (primary N) is 1. The molecule has 1 aliphatic rings. The first-order valence-corrected chi connectivity index (χ1v) is 6.23. The van der Waals surface area contributed by atoms with E-state index in [-0.39, 0.29) is 11.8 Å². The second-order valence-corrected chi connectivity index (χ2v) is 5.05. The molecule has 1 fully saturated rings. The number of nitrogens with one attached hydrogen (secondary N) is 1. The van der Waals surface area contributed by atoms with Crippen molar-refractivity contribution in [1.29, 1.82) is 0 Å². The van der Waals surface area contributed by atoms with Gasteiger partial charge in [0.05, 0.1) is 6.54 Å². The zero-order valence-corrected chi connectivity index (χ0v) is 10.6. The van der Waals surface area contributed by atoms with Gasteiger partial charge in [-0.3, -0.25) is 9.69 Å². The fourth-order valence-corrected chi connectivity index (χ4v) is 2.54. The summed E-state index contributed by atoms with van der Waals surface area (Å²) in [6.07, 6.45) is 2.17. The first-order valence-electron chi connectivity index (χ1n) is 6.23. The minimum absolute atomic E-state index is 0.195. The topological polar surface area (TPSA) is 62.1 Å². The van der Waals surface area contributed by atoms with Crippen LogP contribution in [0.15, 0.2) is 6.07 Å². The number of ketones is 1. The Morgan fingerprint density at radius 2 is 2.35 bits per heavy atom. The Morgan fingerprint density at radius 1 is 1.59 bits per heavy atom. The van der Waals surface area contributed by atoms with Gasteiger partial charge in [-0.1, -0.05) is 0 Å². The van der Waals surface area contributed by atoms with Crippen LogP contribution in [-0.4, -0.2) is 41.3 Å². The summed E-state index contributed by atoms with van der Waals surface area (Å²) in [6.45, 7) is 6.24. The van der Waals surface area contributed by atoms with Gasteiger partial charge >= 0.3 is 0 Å². The highest BCUT2D eigenvalue weighted by Crippen LogP contribution is 2.13. The summed E-state index contributed by atoms with van der Waals surface area (Å²) >= 11 is 0. The normalized spacial score (nSPS) is 21.7. The van der Waals surface area contributed by atoms with E-state index < -0.39 is 0 Å². The minimum Gasteiger partial charge on any atom is -0.362 e. The number of rotatable bonds is 3. The number of hydrogen-bond donors (Lipinski definition) is 2. The van der Waals surface area contributed by atoms with Gasteiger partial charge in [0, 0.05) is 29.5 Å². The number of aromatic amines is 1. The summed E-state index contributed by atoms with van der Waals surface area (Å²) < 4.78 is 0. The van der Waals surface area contributed by atoms with Crippen molar-refractivity contribution in [2.75, 3.05) is 19.6 Å². The highest BCUT2D eigenvalue weighted by molar-refractivity contribution is 5.98. The number of carbonyl (C=O) groups is 1. The first kappa shape index (κ1) is 12.3. The molecule has 1 aromatic heterocycles. The molecule has 0 aliphatic carbocycles. The van der Waals surface area contributed by atoms with Gasteiger partial charge in [-0.25, -0.2) is 0 Å². The lowest BCUT2D eigenvalue weighted by Crippen LogP contribution is -2.44. The summed E-state index contributed by atoms with van der Waals surface area (Å²) in [4.78, 5) is 17.5. The fraction of sp³-hybridized carbons (Fsp3) is 0.615. The zero-order chi connectivity index (χ0) is 12.4. The quantitative estimate of drug-likeness (QED) is 0.775. The van der Waals surface area contributed by atoms with Crippen LogP contribution in [0.5, 0.6) is 0 Å². The van der Waals surface area contributed by atoms with Crippen LogP contribution in [-0.2, 0) is 0 Å². The Labute approximate surface area is 102 Å². The lowest BCUT2D eigenvalue weighted by atomic mass is 10.1. The summed E-state index contributed by atoms with van der Waals surface area (Å²) in [5.41, 5.74) is 8.74. The number of Topliss-reactive ketones (excluding diaryl/α,β-unsaturated/α-hetero) is 1. The van der Waals surface area contributed by atoms with Crippen LogP contribution >= 0.6 is 0 Å². The second kappa shape index (κ2) is 5.02. The van der Waals surface area contributed by atoms with Crippen molar-refractivity contribution < 1.29 is 4.79 Å². The number of likely N-dealkylation sites (tertiary alicyclic amines) is 1. The van der Waals surface area contributed by atoms with Gasteiger partial charge in [0.2, 0.25) is 0 Å². The minimum atomic E-state index is 0.195. The predicted octanol–water partition coefficient (Wildman–Crippen LogP) is 1.24. The lowest BCUT2D eigenvalue weighted by molar-refractivity contribution is 0.0907. The summed E-state index contributed by atoms with van der Waals surface area (Å²) in [5, 5.41) is 0. The lowest BCUT2D eigenvalue weighted by Gasteiger charge is -2.29. The molecule has 94 valence electrons. The maximum Gasteiger partial charge on any atom is 0.178 e. The van der Waals surface area contributed by atoms with E-state index in [4.69, 9.17) is 5.73 Å². The van der Waals surface area contributed by atoms with Gasteiger partial charge in [0.1, 0.15) is 0 Å². The average molecular weight is 235 g/mol. The van der Waals surface area contributed by atoms with Gasteiger partial charge < -0.3 is 10.7 Å². The van der Waals surface area contributed by atoms with Crippen molar-refractivity contribution in [2.45, 2.75) is 32.7 Å². The Bertz CT molecular complexity index is 411. The number of H-pyrrole nitrogens is 1. The van der Waals surface area contributed by atoms with Gasteiger partial charge in [0.15, 0.2) is 5.78 Å². The summed E-state index contributed by atoms with van der Waals surface area (Å²) in [7, 11) is 0. The van der Waals surface area contributed by atoms with Crippen LogP contribution in [0.2, 0.25) is 0 Å². The molecule has 17 heavy (non-hydrogen) atoms. The second-order valence-electron chi connectivity index (χ2n) is 5.05. The Morgan fingerprint density at radius 3 is 2.94 bits per heavy atom. The number of aromatic nitrogens is 1. The number of aryl methyl sites for hydroxylation is 2. The molecule has 0 saturated carbocycles. The van der Waals surface area contributed by atoms with E-state index >= 15 is 0 Å². The van der Waals surface area contributed by atoms with Crippen LogP contribution in [0.4, 0.5) is 0 Å². The van der Waals surface area contributed by atoms with Crippen LogP contribution < -0.4 is 5.73 Å². The highest BCUT2D eigenvalue weighted by atomic mass is 16.1. The molecule has 1 aliphatic heterocycles. The summed E-state index contributed by atoms with van der Waals surface area (Å²) in [5.74, 6) is 0.195. The van der Waals surface area contributed by atoms with Crippen LogP contribution in [0.1, 0.15) is 34.6 Å². The van der Waals surface area contributed by atoms with Crippen molar-refractivity contribution in [1.82, 2.24) is 9.88 Å². The SMILES string of the molecule is Cc1cc(C(=O)CN2CCCC(N)C2)c(C)[nH]1. The monoisotopic (exact) mass is 235 g/mol. The van der Waals surface area contributed by atoms with Crippen LogP contribution in [0, 0.1) is 13.8 Å². The van der Waals surface area contributed by atoms with Crippen LogP contribution in [0.25, 0.3) is 0 Å². The van der Waals surface area contributed by atoms with E-state index in [2.05, 4.69) is 9.88 Å². The third-order valence-corrected chi connectivity index (χ3v) is 3.36. The zero-order valence-electron chi connectivity index (χ0n) is 10.6. The third-order valence-electron chi connectivity index (χ3n) is 3.36. The molecular weight excluding hydrogens is 214 g/mol. The van der Waals surface area contributed by atoms with E-state index in [0.29, 0.717) is 6.54 Å². The van der Waals surface area contributed by atoms with Gasteiger partial charge in [-0.15, -0.1) is 0 Å². The molecule has 0 amide bonds. The van der Waals surface area contributed by atoms with Crippen molar-refractivity contribution in [2.24, 2.45) is 5.73 Å². The highest BCUT2D eigenvalue weighted by Gasteiger charge is 2.20. The molecule has 0 aromatic carbocycles. The maximum atomic E-state index is 12.2. The molecule has 0 bridgehead atoms. The molecule has 4 nitrogen and oxygen atoms in total. The predicted molar refractivity (Wildman–Crippen MR) is 68.2 cm³/mol. The molecule has 4 heteroatoms. The van der Waals surface area contributed by atoms with E-state index in [1.54, 1.807) is 0 Å². The van der Waals surface area contributed by atoms with Crippen molar-refractivity contribution in [3.8, 4) is 0 Å². The Balaban J connectivity index is 1.99. The maximum absolute atomic E-state index is 12.2. The molecule has 1 atom stereocenters. The molecule has 3 N–H and O–H groups in total. The largest absolute Gasteiger partial charge is 0.362 e. The van der Waals surface area contributed by atoms with Gasteiger partial charge in [-0.2, -0.15) is 0 Å². The first-order chi connectivity index (χ1) is 8.06. The van der Waals surface area contributed by atoms with E-state index in [0.717, 1.165) is 42.9 Å².